The molecule has 0 spiro atoms. The Balaban J connectivity index is 1.83. The van der Waals surface area contributed by atoms with E-state index in [0.717, 1.165) is 33.4 Å². The summed E-state index contributed by atoms with van der Waals surface area (Å²) in [6.45, 7) is 7.02. The molecule has 2 rings (SSSR count). The molecule has 0 N–H and O–H groups in total. The zero-order chi connectivity index (χ0) is 19.1. The van der Waals surface area contributed by atoms with Crippen molar-refractivity contribution in [1.29, 1.82) is 0 Å². The van der Waals surface area contributed by atoms with Gasteiger partial charge in [0, 0.05) is 24.9 Å². The molecule has 2 aromatic rings. The van der Waals surface area contributed by atoms with Gasteiger partial charge in [0.05, 0.1) is 6.54 Å². The van der Waals surface area contributed by atoms with Crippen molar-refractivity contribution in [2.24, 2.45) is 0 Å². The Hall–Kier alpha value is -2.08. The third-order valence-corrected chi connectivity index (χ3v) is 4.92. The zero-order valence-corrected chi connectivity index (χ0v) is 17.0. The summed E-state index contributed by atoms with van der Waals surface area (Å²) in [6.07, 6.45) is 3.07. The lowest BCUT2D eigenvalue weighted by Gasteiger charge is -2.18. The van der Waals surface area contributed by atoms with E-state index in [1.165, 1.54) is 11.8 Å². The van der Waals surface area contributed by atoms with Gasteiger partial charge in [-0.25, -0.2) is 9.97 Å². The maximum atomic E-state index is 12.4. The van der Waals surface area contributed by atoms with Crippen molar-refractivity contribution in [3.63, 3.8) is 0 Å². The highest BCUT2D eigenvalue weighted by molar-refractivity contribution is 7.98. The van der Waals surface area contributed by atoms with E-state index in [1.54, 1.807) is 4.90 Å². The van der Waals surface area contributed by atoms with Gasteiger partial charge < -0.3 is 9.64 Å². The van der Waals surface area contributed by atoms with Gasteiger partial charge in [-0.1, -0.05) is 30.0 Å². The SMILES string of the molecule is CSc1nc(C)c(CCC(=O)N(C)CCOc2ccccc2C)c(C)n1. The Morgan fingerprint density at radius 1 is 1.15 bits per heavy atom. The molecule has 0 aliphatic rings. The first kappa shape index (κ1) is 20.2. The van der Waals surface area contributed by atoms with Gasteiger partial charge in [0.1, 0.15) is 12.4 Å². The Bertz CT molecular complexity index is 741. The van der Waals surface area contributed by atoms with Gasteiger partial charge in [0.25, 0.3) is 0 Å². The first-order chi connectivity index (χ1) is 12.4. The summed E-state index contributed by atoms with van der Waals surface area (Å²) in [6, 6.07) is 7.89. The standard InChI is InChI=1S/C20H27N3O2S/c1-14-8-6-7-9-18(14)25-13-12-23(4)19(24)11-10-17-15(2)21-20(26-5)22-16(17)3/h6-9H,10-13H2,1-5H3. The molecule has 5 nitrogen and oxygen atoms in total. The average Bonchev–Trinajstić information content (AvgIpc) is 2.62. The molecule has 1 amide bonds. The summed E-state index contributed by atoms with van der Waals surface area (Å²) in [4.78, 5) is 23.1. The molecule has 6 heteroatoms. The molecule has 0 saturated carbocycles. The van der Waals surface area contributed by atoms with Crippen LogP contribution in [0.3, 0.4) is 0 Å². The molecule has 0 aliphatic heterocycles. The normalized spacial score (nSPS) is 10.7. The highest BCUT2D eigenvalue weighted by Gasteiger charge is 2.13. The zero-order valence-electron chi connectivity index (χ0n) is 16.2. The third-order valence-electron chi connectivity index (χ3n) is 4.38. The first-order valence-corrected chi connectivity index (χ1v) is 9.95. The van der Waals surface area contributed by atoms with Crippen LogP contribution >= 0.6 is 11.8 Å². The van der Waals surface area contributed by atoms with Crippen LogP contribution in [0.2, 0.25) is 0 Å². The lowest BCUT2D eigenvalue weighted by atomic mass is 10.1. The van der Waals surface area contributed by atoms with Gasteiger partial charge in [-0.15, -0.1) is 0 Å². The van der Waals surface area contributed by atoms with Gasteiger partial charge in [0.15, 0.2) is 5.16 Å². The van der Waals surface area contributed by atoms with Crippen LogP contribution in [0.4, 0.5) is 0 Å². The maximum Gasteiger partial charge on any atom is 0.222 e. The van der Waals surface area contributed by atoms with E-state index in [4.69, 9.17) is 4.74 Å². The summed E-state index contributed by atoms with van der Waals surface area (Å²) < 4.78 is 5.77. The van der Waals surface area contributed by atoms with Crippen molar-refractivity contribution in [1.82, 2.24) is 14.9 Å². The van der Waals surface area contributed by atoms with Gasteiger partial charge in [-0.3, -0.25) is 4.79 Å². The molecule has 0 radical (unpaired) electrons. The number of thioether (sulfide) groups is 1. The average molecular weight is 374 g/mol. The second-order valence-corrected chi connectivity index (χ2v) is 7.06. The number of nitrogens with zero attached hydrogens (tertiary/aromatic N) is 3. The van der Waals surface area contributed by atoms with Crippen LogP contribution in [0.25, 0.3) is 0 Å². The van der Waals surface area contributed by atoms with Crippen molar-refractivity contribution >= 4 is 17.7 Å². The predicted molar refractivity (Wildman–Crippen MR) is 106 cm³/mol. The van der Waals surface area contributed by atoms with Crippen LogP contribution < -0.4 is 4.74 Å². The molecular formula is C20H27N3O2S. The highest BCUT2D eigenvalue weighted by Crippen LogP contribution is 2.18. The summed E-state index contributed by atoms with van der Waals surface area (Å²) >= 11 is 1.53. The fourth-order valence-electron chi connectivity index (χ4n) is 2.72. The van der Waals surface area contributed by atoms with Crippen LogP contribution in [-0.4, -0.2) is 47.2 Å². The van der Waals surface area contributed by atoms with E-state index in [9.17, 15) is 4.79 Å². The number of ether oxygens (including phenoxy) is 1. The van der Waals surface area contributed by atoms with Crippen molar-refractivity contribution in [2.75, 3.05) is 26.5 Å². The van der Waals surface area contributed by atoms with Crippen molar-refractivity contribution in [3.05, 3.63) is 46.8 Å². The lowest BCUT2D eigenvalue weighted by molar-refractivity contribution is -0.130. The quantitative estimate of drug-likeness (QED) is 0.523. The number of likely N-dealkylation sites (N-methyl/N-ethyl adjacent to an activating group) is 1. The van der Waals surface area contributed by atoms with E-state index < -0.39 is 0 Å². The van der Waals surface area contributed by atoms with E-state index >= 15 is 0 Å². The molecule has 0 unspecified atom stereocenters. The Morgan fingerprint density at radius 2 is 1.81 bits per heavy atom. The van der Waals surface area contributed by atoms with Gasteiger partial charge in [-0.05, 0) is 50.6 Å². The minimum Gasteiger partial charge on any atom is -0.491 e. The summed E-state index contributed by atoms with van der Waals surface area (Å²) in [7, 11) is 1.82. The Kier molecular flexibility index (Phi) is 7.45. The van der Waals surface area contributed by atoms with Gasteiger partial charge >= 0.3 is 0 Å². The van der Waals surface area contributed by atoms with Crippen LogP contribution in [0.1, 0.15) is 28.9 Å². The number of carbonyl (C=O) groups is 1. The fraction of sp³-hybridized carbons (Fsp3) is 0.450. The fourth-order valence-corrected chi connectivity index (χ4v) is 3.18. The first-order valence-electron chi connectivity index (χ1n) is 8.73. The molecule has 0 bridgehead atoms. The molecular weight excluding hydrogens is 346 g/mol. The number of benzene rings is 1. The molecule has 0 fully saturated rings. The monoisotopic (exact) mass is 373 g/mol. The number of rotatable bonds is 8. The second kappa shape index (κ2) is 9.57. The van der Waals surface area contributed by atoms with E-state index in [1.807, 2.05) is 58.3 Å². The second-order valence-electron chi connectivity index (χ2n) is 6.29. The Morgan fingerprint density at radius 3 is 2.42 bits per heavy atom. The van der Waals surface area contributed by atoms with E-state index in [0.29, 0.717) is 26.0 Å². The van der Waals surface area contributed by atoms with Crippen molar-refractivity contribution < 1.29 is 9.53 Å². The number of para-hydroxylation sites is 1. The minimum absolute atomic E-state index is 0.103. The van der Waals surface area contributed by atoms with Crippen LogP contribution in [0, 0.1) is 20.8 Å². The number of amides is 1. The molecule has 0 saturated heterocycles. The number of carbonyl (C=O) groups excluding carboxylic acids is 1. The topological polar surface area (TPSA) is 55.3 Å². The third kappa shape index (κ3) is 5.46. The lowest BCUT2D eigenvalue weighted by Crippen LogP contribution is -2.31. The van der Waals surface area contributed by atoms with Crippen molar-refractivity contribution in [3.8, 4) is 5.75 Å². The van der Waals surface area contributed by atoms with Crippen molar-refractivity contribution in [2.45, 2.75) is 38.8 Å². The van der Waals surface area contributed by atoms with Crippen LogP contribution in [0.5, 0.6) is 5.75 Å². The molecule has 0 aliphatic carbocycles. The number of aromatic nitrogens is 2. The van der Waals surface area contributed by atoms with Crippen LogP contribution in [-0.2, 0) is 11.2 Å². The Labute approximate surface area is 160 Å². The molecule has 26 heavy (non-hydrogen) atoms. The number of aryl methyl sites for hydroxylation is 3. The van der Waals surface area contributed by atoms with E-state index in [2.05, 4.69) is 9.97 Å². The van der Waals surface area contributed by atoms with Gasteiger partial charge in [-0.2, -0.15) is 0 Å². The summed E-state index contributed by atoms with van der Waals surface area (Å²) in [5, 5.41) is 0.778. The predicted octanol–water partition coefficient (Wildman–Crippen LogP) is 3.59. The molecule has 1 aromatic carbocycles. The van der Waals surface area contributed by atoms with Gasteiger partial charge in [0.2, 0.25) is 5.91 Å². The minimum atomic E-state index is 0.103. The maximum absolute atomic E-state index is 12.4. The number of hydrogen-bond donors (Lipinski definition) is 0. The summed E-state index contributed by atoms with van der Waals surface area (Å²) in [5.74, 6) is 0.969. The van der Waals surface area contributed by atoms with Crippen LogP contribution in [0.15, 0.2) is 29.4 Å². The highest BCUT2D eigenvalue weighted by atomic mass is 32.2. The molecule has 0 atom stereocenters. The molecule has 140 valence electrons. The largest absolute Gasteiger partial charge is 0.491 e. The number of hydrogen-bond acceptors (Lipinski definition) is 5. The molecule has 1 aromatic heterocycles. The van der Waals surface area contributed by atoms with E-state index in [-0.39, 0.29) is 5.91 Å². The molecule has 1 heterocycles. The smallest absolute Gasteiger partial charge is 0.222 e. The summed E-state index contributed by atoms with van der Waals surface area (Å²) in [5.41, 5.74) is 4.09.